The van der Waals surface area contributed by atoms with Crippen molar-refractivity contribution >= 4 is 23.1 Å². The molecule has 0 aliphatic carbocycles. The van der Waals surface area contributed by atoms with Crippen molar-refractivity contribution in [3.05, 3.63) is 35.6 Å². The zero-order valence-electron chi connectivity index (χ0n) is 10.4. The Morgan fingerprint density at radius 1 is 1.44 bits per heavy atom. The number of thiocarbonyl (C=S) groups is 1. The summed E-state index contributed by atoms with van der Waals surface area (Å²) >= 11 is 4.89. The maximum atomic E-state index is 13.4. The normalized spacial score (nSPS) is 12.2. The summed E-state index contributed by atoms with van der Waals surface area (Å²) in [5.74, 6) is -0.567. The Morgan fingerprint density at radius 3 is 2.56 bits per heavy atom. The minimum absolute atomic E-state index is 0.0154. The highest BCUT2D eigenvalue weighted by Gasteiger charge is 2.19. The summed E-state index contributed by atoms with van der Waals surface area (Å²) in [4.78, 5) is 12.0. The summed E-state index contributed by atoms with van der Waals surface area (Å²) in [5, 5.41) is 2.72. The Bertz CT molecular complexity index is 448. The van der Waals surface area contributed by atoms with Crippen molar-refractivity contribution in [2.45, 2.75) is 26.3 Å². The van der Waals surface area contributed by atoms with Gasteiger partial charge in [-0.3, -0.25) is 4.79 Å². The van der Waals surface area contributed by atoms with Gasteiger partial charge in [0.15, 0.2) is 0 Å². The third-order valence-electron chi connectivity index (χ3n) is 2.60. The van der Waals surface area contributed by atoms with Crippen LogP contribution in [0.1, 0.15) is 19.4 Å². The van der Waals surface area contributed by atoms with Gasteiger partial charge in [0.1, 0.15) is 5.82 Å². The topological polar surface area (TPSA) is 55.1 Å². The van der Waals surface area contributed by atoms with Gasteiger partial charge in [0.25, 0.3) is 0 Å². The predicted octanol–water partition coefficient (Wildman–Crippen LogP) is 1.80. The van der Waals surface area contributed by atoms with E-state index in [1.165, 1.54) is 6.07 Å². The van der Waals surface area contributed by atoms with Crippen molar-refractivity contribution in [1.29, 1.82) is 0 Å². The van der Waals surface area contributed by atoms with Crippen LogP contribution in [0, 0.1) is 11.7 Å². The highest BCUT2D eigenvalue weighted by atomic mass is 32.1. The lowest BCUT2D eigenvalue weighted by Crippen LogP contribution is -2.47. The summed E-state index contributed by atoms with van der Waals surface area (Å²) in [6, 6.07) is 5.83. The lowest BCUT2D eigenvalue weighted by molar-refractivity contribution is -0.121. The van der Waals surface area contributed by atoms with Gasteiger partial charge in [0, 0.05) is 0 Å². The molecule has 1 amide bonds. The average Bonchev–Trinajstić information content (AvgIpc) is 2.28. The third kappa shape index (κ3) is 4.07. The smallest absolute Gasteiger partial charge is 0.225 e. The van der Waals surface area contributed by atoms with Crippen LogP contribution >= 0.6 is 12.2 Å². The van der Waals surface area contributed by atoms with Gasteiger partial charge in [0.05, 0.1) is 17.5 Å². The SMILES string of the molecule is CC(C)C(NC(=O)Cc1ccccc1F)C(N)=S. The molecule has 3 nitrogen and oxygen atoms in total. The van der Waals surface area contributed by atoms with Crippen LogP contribution in [0.5, 0.6) is 0 Å². The van der Waals surface area contributed by atoms with E-state index in [-0.39, 0.29) is 35.1 Å². The zero-order chi connectivity index (χ0) is 13.7. The standard InChI is InChI=1S/C13H17FN2OS/c1-8(2)12(13(15)18)16-11(17)7-9-5-3-4-6-10(9)14/h3-6,8,12H,7H2,1-2H3,(H2,15,18)(H,16,17). The number of halogens is 1. The molecule has 0 saturated carbocycles. The molecule has 0 bridgehead atoms. The molecule has 1 aromatic rings. The molecule has 0 heterocycles. The largest absolute Gasteiger partial charge is 0.392 e. The van der Waals surface area contributed by atoms with E-state index >= 15 is 0 Å². The molecule has 3 N–H and O–H groups in total. The molecule has 0 saturated heterocycles. The molecular formula is C13H17FN2OS. The van der Waals surface area contributed by atoms with Crippen LogP contribution in [-0.4, -0.2) is 16.9 Å². The summed E-state index contributed by atoms with van der Waals surface area (Å²) in [7, 11) is 0. The van der Waals surface area contributed by atoms with Gasteiger partial charge in [0.2, 0.25) is 5.91 Å². The van der Waals surface area contributed by atoms with Crippen molar-refractivity contribution in [3.63, 3.8) is 0 Å². The minimum Gasteiger partial charge on any atom is -0.392 e. The first-order valence-electron chi connectivity index (χ1n) is 5.74. The molecular weight excluding hydrogens is 251 g/mol. The first kappa shape index (κ1) is 14.6. The first-order chi connectivity index (χ1) is 8.41. The van der Waals surface area contributed by atoms with E-state index in [9.17, 15) is 9.18 Å². The molecule has 98 valence electrons. The molecule has 1 rings (SSSR count). The van der Waals surface area contributed by atoms with Gasteiger partial charge in [-0.15, -0.1) is 0 Å². The average molecular weight is 268 g/mol. The molecule has 0 radical (unpaired) electrons. The van der Waals surface area contributed by atoms with Crippen LogP contribution in [0.2, 0.25) is 0 Å². The second-order valence-electron chi connectivity index (χ2n) is 4.46. The van der Waals surface area contributed by atoms with Crippen molar-refractivity contribution in [3.8, 4) is 0 Å². The fourth-order valence-corrected chi connectivity index (χ4v) is 1.94. The number of carbonyl (C=O) groups is 1. The first-order valence-corrected chi connectivity index (χ1v) is 6.14. The Kier molecular flexibility index (Phi) is 5.22. The maximum Gasteiger partial charge on any atom is 0.225 e. The van der Waals surface area contributed by atoms with Gasteiger partial charge in [-0.2, -0.15) is 0 Å². The van der Waals surface area contributed by atoms with Gasteiger partial charge >= 0.3 is 0 Å². The number of hydrogen-bond donors (Lipinski definition) is 2. The van der Waals surface area contributed by atoms with E-state index in [1.807, 2.05) is 13.8 Å². The van der Waals surface area contributed by atoms with Crippen LogP contribution in [0.25, 0.3) is 0 Å². The Hall–Kier alpha value is -1.49. The highest BCUT2D eigenvalue weighted by molar-refractivity contribution is 7.80. The van der Waals surface area contributed by atoms with E-state index < -0.39 is 0 Å². The molecule has 5 heteroatoms. The second-order valence-corrected chi connectivity index (χ2v) is 4.93. The second kappa shape index (κ2) is 6.44. The van der Waals surface area contributed by atoms with Crippen molar-refractivity contribution < 1.29 is 9.18 Å². The van der Waals surface area contributed by atoms with Crippen LogP contribution in [0.15, 0.2) is 24.3 Å². The molecule has 0 spiro atoms. The number of carbonyl (C=O) groups excluding carboxylic acids is 1. The third-order valence-corrected chi connectivity index (χ3v) is 2.85. The fraction of sp³-hybridized carbons (Fsp3) is 0.385. The number of nitrogens with one attached hydrogen (secondary N) is 1. The summed E-state index contributed by atoms with van der Waals surface area (Å²) in [6.07, 6.45) is -0.0154. The lowest BCUT2D eigenvalue weighted by atomic mass is 10.0. The lowest BCUT2D eigenvalue weighted by Gasteiger charge is -2.21. The predicted molar refractivity (Wildman–Crippen MR) is 73.7 cm³/mol. The molecule has 0 aliphatic heterocycles. The van der Waals surface area contributed by atoms with Crippen LogP contribution in [0.4, 0.5) is 4.39 Å². The summed E-state index contributed by atoms with van der Waals surface area (Å²) in [5.41, 5.74) is 5.91. The number of rotatable bonds is 5. The van der Waals surface area contributed by atoms with Gasteiger partial charge in [-0.25, -0.2) is 4.39 Å². The molecule has 1 aromatic carbocycles. The van der Waals surface area contributed by atoms with E-state index in [1.54, 1.807) is 18.2 Å². The molecule has 1 atom stereocenters. The number of amides is 1. The number of hydrogen-bond acceptors (Lipinski definition) is 2. The number of nitrogens with two attached hydrogens (primary N) is 1. The monoisotopic (exact) mass is 268 g/mol. The fourth-order valence-electron chi connectivity index (χ4n) is 1.61. The van der Waals surface area contributed by atoms with E-state index in [2.05, 4.69) is 5.32 Å². The Balaban J connectivity index is 2.67. The molecule has 0 fully saturated rings. The van der Waals surface area contributed by atoms with Crippen LogP contribution < -0.4 is 11.1 Å². The van der Waals surface area contributed by atoms with Crippen molar-refractivity contribution in [1.82, 2.24) is 5.32 Å². The summed E-state index contributed by atoms with van der Waals surface area (Å²) in [6.45, 7) is 3.82. The van der Waals surface area contributed by atoms with Crippen LogP contribution in [0.3, 0.4) is 0 Å². The van der Waals surface area contributed by atoms with Crippen molar-refractivity contribution in [2.75, 3.05) is 0 Å². The molecule has 1 unspecified atom stereocenters. The van der Waals surface area contributed by atoms with Crippen molar-refractivity contribution in [2.24, 2.45) is 11.7 Å². The number of benzene rings is 1. The van der Waals surface area contributed by atoms with Gasteiger partial charge < -0.3 is 11.1 Å². The Labute approximate surface area is 112 Å². The molecule has 0 aliphatic rings. The molecule has 18 heavy (non-hydrogen) atoms. The Morgan fingerprint density at radius 2 is 2.06 bits per heavy atom. The summed E-state index contributed by atoms with van der Waals surface area (Å²) < 4.78 is 13.4. The van der Waals surface area contributed by atoms with Gasteiger partial charge in [-0.05, 0) is 17.5 Å². The van der Waals surface area contributed by atoms with E-state index in [4.69, 9.17) is 18.0 Å². The minimum atomic E-state index is -0.385. The van der Waals surface area contributed by atoms with Gasteiger partial charge in [-0.1, -0.05) is 44.3 Å². The quantitative estimate of drug-likeness (QED) is 0.801. The zero-order valence-corrected chi connectivity index (χ0v) is 11.3. The van der Waals surface area contributed by atoms with Crippen LogP contribution in [-0.2, 0) is 11.2 Å². The highest BCUT2D eigenvalue weighted by Crippen LogP contribution is 2.08. The van der Waals surface area contributed by atoms with E-state index in [0.29, 0.717) is 5.56 Å². The molecule has 0 aromatic heterocycles. The maximum absolute atomic E-state index is 13.4. The van der Waals surface area contributed by atoms with E-state index in [0.717, 1.165) is 0 Å².